The largest absolute Gasteiger partial charge is 0.477 e. The van der Waals surface area contributed by atoms with Crippen molar-refractivity contribution >= 4 is 52.6 Å². The second kappa shape index (κ2) is 7.51. The van der Waals surface area contributed by atoms with Crippen LogP contribution in [0.15, 0.2) is 16.4 Å². The number of aliphatic carboxylic acids is 1. The van der Waals surface area contributed by atoms with Gasteiger partial charge in [0.1, 0.15) is 11.1 Å². The predicted octanol–water partition coefficient (Wildman–Crippen LogP) is 1.09. The number of hydrogen-bond acceptors (Lipinski definition) is 8. The summed E-state index contributed by atoms with van der Waals surface area (Å²) in [6, 6.07) is -1.59. The molecule has 1 aromatic rings. The van der Waals surface area contributed by atoms with E-state index in [4.69, 9.17) is 0 Å². The van der Waals surface area contributed by atoms with E-state index in [9.17, 15) is 28.0 Å². The van der Waals surface area contributed by atoms with E-state index < -0.39 is 39.3 Å². The van der Waals surface area contributed by atoms with E-state index in [0.717, 1.165) is 16.7 Å². The molecule has 0 spiro atoms. The zero-order chi connectivity index (χ0) is 20.8. The maximum Gasteiger partial charge on any atom is 0.352 e. The van der Waals surface area contributed by atoms with Crippen LogP contribution < -0.4 is 0 Å². The first kappa shape index (κ1) is 20.9. The molecule has 1 amide bonds. The van der Waals surface area contributed by atoms with Crippen LogP contribution in [-0.2, 0) is 16.6 Å². The standard InChI is InChI=1S/C13H13F3N6O3S3/c1-13(14,15)11(26)22(16)7-8(23)21-6(10(24)25)5(3-27-9(7)21)4-28-12-17-18-19-20(12)2/h7,9H,3-4H2,1-2H3,(H,24,25)/t7?,9-/m1/s1. The summed E-state index contributed by atoms with van der Waals surface area (Å²) in [5.74, 6) is -5.56. The minimum absolute atomic E-state index is 0.175. The number of hydrogen-bond donors (Lipinski definition) is 1. The van der Waals surface area contributed by atoms with Gasteiger partial charge in [0.2, 0.25) is 5.16 Å². The van der Waals surface area contributed by atoms with Crippen LogP contribution in [0.3, 0.4) is 0 Å². The summed E-state index contributed by atoms with van der Waals surface area (Å²) in [4.78, 5) is 23.7. The van der Waals surface area contributed by atoms with Crippen molar-refractivity contribution < 1.29 is 28.0 Å². The fourth-order valence-electron chi connectivity index (χ4n) is 2.66. The van der Waals surface area contributed by atoms with Crippen molar-refractivity contribution in [2.24, 2.45) is 7.05 Å². The van der Waals surface area contributed by atoms with Gasteiger partial charge in [-0.3, -0.25) is 9.69 Å². The average Bonchev–Trinajstić information content (AvgIpc) is 3.02. The molecule has 152 valence electrons. The van der Waals surface area contributed by atoms with Crippen LogP contribution in [0.5, 0.6) is 0 Å². The molecule has 3 rings (SSSR count). The number of β-lactam (4-membered cyclic amide) rings is 1. The van der Waals surface area contributed by atoms with Crippen LogP contribution in [0.2, 0.25) is 0 Å². The van der Waals surface area contributed by atoms with Gasteiger partial charge in [0.25, 0.3) is 11.8 Å². The van der Waals surface area contributed by atoms with Gasteiger partial charge >= 0.3 is 5.97 Å². The van der Waals surface area contributed by atoms with Crippen molar-refractivity contribution in [2.75, 3.05) is 11.5 Å². The molecule has 1 N–H and O–H groups in total. The summed E-state index contributed by atoms with van der Waals surface area (Å²) >= 11 is 6.66. The van der Waals surface area contributed by atoms with Crippen LogP contribution in [-0.4, -0.2) is 81.0 Å². The van der Waals surface area contributed by atoms with E-state index in [1.807, 2.05) is 0 Å². The number of aryl methyl sites for hydroxylation is 1. The lowest BCUT2D eigenvalue weighted by Gasteiger charge is -2.50. The molecule has 15 heteroatoms. The Kier molecular flexibility index (Phi) is 5.60. The number of alkyl halides is 2. The highest BCUT2D eigenvalue weighted by atomic mass is 32.2. The molecule has 1 saturated heterocycles. The first-order valence-corrected chi connectivity index (χ1v) is 10.1. The Labute approximate surface area is 170 Å². The van der Waals surface area contributed by atoms with Crippen molar-refractivity contribution in [1.82, 2.24) is 30.2 Å². The summed E-state index contributed by atoms with van der Waals surface area (Å²) in [6.07, 6.45) is 0. The second-order valence-electron chi connectivity index (χ2n) is 5.99. The van der Waals surface area contributed by atoms with Crippen LogP contribution in [0, 0.1) is 0 Å². The number of aromatic nitrogens is 4. The molecule has 0 aromatic carbocycles. The van der Waals surface area contributed by atoms with Crippen LogP contribution >= 0.6 is 35.7 Å². The number of carboxylic acids is 1. The lowest BCUT2D eigenvalue weighted by Crippen LogP contribution is -2.70. The van der Waals surface area contributed by atoms with E-state index in [1.54, 1.807) is 7.05 Å². The van der Waals surface area contributed by atoms with Gasteiger partial charge in [0.05, 0.1) is 0 Å². The zero-order valence-corrected chi connectivity index (χ0v) is 16.8. The lowest BCUT2D eigenvalue weighted by molar-refractivity contribution is -0.159. The van der Waals surface area contributed by atoms with Gasteiger partial charge in [-0.2, -0.15) is 13.9 Å². The molecule has 0 aliphatic carbocycles. The van der Waals surface area contributed by atoms with Crippen molar-refractivity contribution in [1.29, 1.82) is 0 Å². The van der Waals surface area contributed by atoms with E-state index in [-0.39, 0.29) is 17.2 Å². The molecule has 2 atom stereocenters. The average molecular weight is 454 g/mol. The number of tetrazole rings is 1. The lowest BCUT2D eigenvalue weighted by atomic mass is 10.0. The summed E-state index contributed by atoms with van der Waals surface area (Å²) in [7, 11) is 1.62. The predicted molar refractivity (Wildman–Crippen MR) is 97.2 cm³/mol. The van der Waals surface area contributed by atoms with E-state index in [2.05, 4.69) is 27.7 Å². The van der Waals surface area contributed by atoms with Gasteiger partial charge < -0.3 is 5.11 Å². The molecule has 0 bridgehead atoms. The number of halogens is 3. The van der Waals surface area contributed by atoms with E-state index in [1.165, 1.54) is 16.4 Å². The Morgan fingerprint density at radius 1 is 1.54 bits per heavy atom. The van der Waals surface area contributed by atoms with Gasteiger partial charge in [0, 0.05) is 25.5 Å². The Balaban J connectivity index is 1.81. The van der Waals surface area contributed by atoms with Crippen LogP contribution in [0.1, 0.15) is 6.92 Å². The number of rotatable bonds is 6. The summed E-state index contributed by atoms with van der Waals surface area (Å²) < 4.78 is 42.3. The van der Waals surface area contributed by atoms with Gasteiger partial charge in [-0.25, -0.2) is 9.48 Å². The number of carbonyl (C=O) groups excluding carboxylic acids is 1. The Morgan fingerprint density at radius 2 is 2.21 bits per heavy atom. The third kappa shape index (κ3) is 3.57. The van der Waals surface area contributed by atoms with Crippen LogP contribution in [0.25, 0.3) is 0 Å². The SMILES string of the molecule is Cn1nnnc1SCC1=C(C(=O)O)N2C(=O)C(N(F)C(=S)C(C)(F)F)[C@H]2SC1. The minimum Gasteiger partial charge on any atom is -0.477 e. The molecule has 28 heavy (non-hydrogen) atoms. The monoisotopic (exact) mass is 454 g/mol. The Hall–Kier alpha value is -1.87. The van der Waals surface area contributed by atoms with Crippen molar-refractivity contribution in [3.05, 3.63) is 11.3 Å². The Bertz CT molecular complexity index is 873. The number of fused-ring (bicyclic) bond motifs is 1. The fourth-order valence-corrected chi connectivity index (χ4v) is 5.14. The van der Waals surface area contributed by atoms with Crippen molar-refractivity contribution in [2.45, 2.75) is 29.4 Å². The molecule has 1 aromatic heterocycles. The van der Waals surface area contributed by atoms with Crippen molar-refractivity contribution in [3.8, 4) is 0 Å². The molecule has 0 radical (unpaired) electrons. The van der Waals surface area contributed by atoms with E-state index >= 15 is 0 Å². The minimum atomic E-state index is -3.62. The van der Waals surface area contributed by atoms with Gasteiger partial charge in [-0.1, -0.05) is 28.5 Å². The number of carboxylic acid groups (broad SMARTS) is 1. The van der Waals surface area contributed by atoms with E-state index in [0.29, 0.717) is 17.7 Å². The number of thioether (sulfide) groups is 2. The molecule has 9 nitrogen and oxygen atoms in total. The smallest absolute Gasteiger partial charge is 0.352 e. The summed E-state index contributed by atoms with van der Waals surface area (Å²) in [5.41, 5.74) is 0.137. The molecule has 0 saturated carbocycles. The fraction of sp³-hybridized carbons (Fsp3) is 0.538. The summed E-state index contributed by atoms with van der Waals surface area (Å²) in [6.45, 7) is 0.427. The molecule has 1 fully saturated rings. The summed E-state index contributed by atoms with van der Waals surface area (Å²) in [5, 5.41) is 19.5. The molecule has 1 unspecified atom stereocenters. The molecular formula is C13H13F3N6O3S3. The Morgan fingerprint density at radius 3 is 2.75 bits per heavy atom. The highest BCUT2D eigenvalue weighted by molar-refractivity contribution is 8.01. The third-order valence-corrected chi connectivity index (χ3v) is 6.95. The maximum atomic E-state index is 14.3. The zero-order valence-electron chi connectivity index (χ0n) is 14.4. The first-order valence-electron chi connectivity index (χ1n) is 7.66. The number of amides is 1. The highest BCUT2D eigenvalue weighted by Crippen LogP contribution is 2.44. The number of carbonyl (C=O) groups is 2. The van der Waals surface area contributed by atoms with Crippen molar-refractivity contribution in [3.63, 3.8) is 0 Å². The third-order valence-electron chi connectivity index (χ3n) is 3.99. The quantitative estimate of drug-likeness (QED) is 0.291. The first-order chi connectivity index (χ1) is 13.0. The van der Waals surface area contributed by atoms with Gasteiger partial charge in [-0.15, -0.1) is 16.9 Å². The molecule has 3 heterocycles. The number of thiocarbonyl (C=S) groups is 1. The number of nitrogens with zero attached hydrogens (tertiary/aromatic N) is 6. The van der Waals surface area contributed by atoms with Gasteiger partial charge in [0.15, 0.2) is 11.0 Å². The molecular weight excluding hydrogens is 441 g/mol. The molecule has 2 aliphatic heterocycles. The highest BCUT2D eigenvalue weighted by Gasteiger charge is 2.58. The topological polar surface area (TPSA) is 104 Å². The second-order valence-corrected chi connectivity index (χ2v) is 8.42. The van der Waals surface area contributed by atoms with Crippen LogP contribution in [0.4, 0.5) is 13.3 Å². The normalized spacial score (nSPS) is 22.0. The molecule has 2 aliphatic rings. The maximum absolute atomic E-state index is 14.3. The van der Waals surface area contributed by atoms with Gasteiger partial charge in [-0.05, 0) is 16.0 Å².